The molecule has 1 N–H and O–H groups in total. The Morgan fingerprint density at radius 3 is 2.43 bits per heavy atom. The summed E-state index contributed by atoms with van der Waals surface area (Å²) in [5.41, 5.74) is 1.88. The lowest BCUT2D eigenvalue weighted by Gasteiger charge is -2.30. The van der Waals surface area contributed by atoms with Crippen LogP contribution in [0.3, 0.4) is 0 Å². The predicted octanol–water partition coefficient (Wildman–Crippen LogP) is 2.23. The third kappa shape index (κ3) is 2.38. The van der Waals surface area contributed by atoms with E-state index in [-0.39, 0.29) is 23.7 Å². The number of amides is 2. The number of benzene rings is 1. The van der Waals surface area contributed by atoms with E-state index in [0.717, 1.165) is 37.1 Å². The molecule has 2 bridgehead atoms. The van der Waals surface area contributed by atoms with Gasteiger partial charge >= 0.3 is 0 Å². The number of hydrogen-bond acceptors (Lipinski definition) is 3. The van der Waals surface area contributed by atoms with Crippen molar-refractivity contribution in [2.45, 2.75) is 44.7 Å². The zero-order valence-corrected chi connectivity index (χ0v) is 12.0. The monoisotopic (exact) mass is 284 g/mol. The van der Waals surface area contributed by atoms with Gasteiger partial charge in [-0.3, -0.25) is 14.5 Å². The number of nitrogens with one attached hydrogen (secondary N) is 1. The highest BCUT2D eigenvalue weighted by Gasteiger charge is 2.45. The molecule has 1 aromatic carbocycles. The van der Waals surface area contributed by atoms with Crippen molar-refractivity contribution in [3.8, 4) is 0 Å². The van der Waals surface area contributed by atoms with Crippen LogP contribution < -0.4 is 10.2 Å². The molecule has 2 saturated carbocycles. The summed E-state index contributed by atoms with van der Waals surface area (Å²) in [5, 5.41) is 3.47. The summed E-state index contributed by atoms with van der Waals surface area (Å²) in [6, 6.07) is 8.50. The van der Waals surface area contributed by atoms with Gasteiger partial charge < -0.3 is 5.32 Å². The summed E-state index contributed by atoms with van der Waals surface area (Å²) in [7, 11) is 0. The Balaban J connectivity index is 1.58. The Kier molecular flexibility index (Phi) is 3.07. The molecule has 2 amide bonds. The third-order valence-electron chi connectivity index (χ3n) is 4.91. The summed E-state index contributed by atoms with van der Waals surface area (Å²) in [6.07, 6.45) is 5.01. The maximum absolute atomic E-state index is 12.5. The Morgan fingerprint density at radius 1 is 1.05 bits per heavy atom. The van der Waals surface area contributed by atoms with E-state index in [4.69, 9.17) is 0 Å². The van der Waals surface area contributed by atoms with Gasteiger partial charge in [-0.1, -0.05) is 12.1 Å². The molecule has 4 heteroatoms. The lowest BCUT2D eigenvalue weighted by atomic mass is 9.96. The maximum atomic E-state index is 12.5. The van der Waals surface area contributed by atoms with E-state index < -0.39 is 0 Å². The highest BCUT2D eigenvalue weighted by molar-refractivity contribution is 6.18. The highest BCUT2D eigenvalue weighted by atomic mass is 16.2. The molecule has 0 aromatic heterocycles. The molecule has 1 aromatic rings. The molecule has 2 unspecified atom stereocenters. The summed E-state index contributed by atoms with van der Waals surface area (Å²) < 4.78 is 0. The van der Waals surface area contributed by atoms with Crippen molar-refractivity contribution in [1.82, 2.24) is 5.32 Å². The SMILES string of the molecule is O=C1C2CCC(C2)C(=O)N1c1cccc(CNC2CC2)c1. The first-order chi connectivity index (χ1) is 10.2. The Labute approximate surface area is 124 Å². The summed E-state index contributed by atoms with van der Waals surface area (Å²) >= 11 is 0. The van der Waals surface area contributed by atoms with Crippen molar-refractivity contribution in [3.63, 3.8) is 0 Å². The van der Waals surface area contributed by atoms with Crippen molar-refractivity contribution in [2.75, 3.05) is 4.90 Å². The number of nitrogens with zero attached hydrogens (tertiary/aromatic N) is 1. The fraction of sp³-hybridized carbons (Fsp3) is 0.529. The molecule has 1 aliphatic heterocycles. The zero-order chi connectivity index (χ0) is 14.4. The van der Waals surface area contributed by atoms with Crippen molar-refractivity contribution in [3.05, 3.63) is 29.8 Å². The molecule has 3 fully saturated rings. The van der Waals surface area contributed by atoms with Crippen LogP contribution >= 0.6 is 0 Å². The van der Waals surface area contributed by atoms with Gasteiger partial charge in [-0.05, 0) is 49.8 Å². The summed E-state index contributed by atoms with van der Waals surface area (Å²) in [6.45, 7) is 0.807. The largest absolute Gasteiger partial charge is 0.310 e. The first-order valence-corrected chi connectivity index (χ1v) is 7.92. The minimum absolute atomic E-state index is 0.000974. The van der Waals surface area contributed by atoms with Gasteiger partial charge in [0.05, 0.1) is 5.69 Å². The van der Waals surface area contributed by atoms with Crippen LogP contribution in [0.4, 0.5) is 5.69 Å². The number of imide groups is 1. The van der Waals surface area contributed by atoms with Gasteiger partial charge in [0.2, 0.25) is 11.8 Å². The molecule has 1 saturated heterocycles. The van der Waals surface area contributed by atoms with E-state index in [1.165, 1.54) is 17.7 Å². The number of fused-ring (bicyclic) bond motifs is 2. The van der Waals surface area contributed by atoms with E-state index in [1.807, 2.05) is 24.3 Å². The minimum Gasteiger partial charge on any atom is -0.310 e. The van der Waals surface area contributed by atoms with E-state index >= 15 is 0 Å². The quantitative estimate of drug-likeness (QED) is 0.863. The lowest BCUT2D eigenvalue weighted by molar-refractivity contribution is -0.132. The van der Waals surface area contributed by atoms with Crippen LogP contribution in [0.5, 0.6) is 0 Å². The predicted molar refractivity (Wildman–Crippen MR) is 79.6 cm³/mol. The van der Waals surface area contributed by atoms with Gasteiger partial charge in [-0.25, -0.2) is 0 Å². The number of anilines is 1. The summed E-state index contributed by atoms with van der Waals surface area (Å²) in [5.74, 6) is 0.115. The molecule has 4 rings (SSSR count). The second-order valence-corrected chi connectivity index (χ2v) is 6.54. The Hall–Kier alpha value is -1.68. The molecule has 3 aliphatic rings. The average molecular weight is 284 g/mol. The molecule has 2 aliphatic carbocycles. The molecule has 2 atom stereocenters. The van der Waals surface area contributed by atoms with Gasteiger partial charge in [0, 0.05) is 24.4 Å². The fourth-order valence-electron chi connectivity index (χ4n) is 3.51. The van der Waals surface area contributed by atoms with Crippen molar-refractivity contribution in [1.29, 1.82) is 0 Å². The summed E-state index contributed by atoms with van der Waals surface area (Å²) in [4.78, 5) is 26.4. The van der Waals surface area contributed by atoms with E-state index in [9.17, 15) is 9.59 Å². The topological polar surface area (TPSA) is 49.4 Å². The average Bonchev–Trinajstić information content (AvgIpc) is 3.21. The van der Waals surface area contributed by atoms with Gasteiger partial charge in [0.1, 0.15) is 0 Å². The minimum atomic E-state index is 0.000974. The van der Waals surface area contributed by atoms with Crippen molar-refractivity contribution < 1.29 is 9.59 Å². The standard InChI is InChI=1S/C17H20N2O2/c20-16-12-4-5-13(9-12)17(21)19(16)15-3-1-2-11(8-15)10-18-14-6-7-14/h1-3,8,12-14,18H,4-7,9-10H2. The maximum Gasteiger partial charge on any atom is 0.236 e. The molecule has 0 radical (unpaired) electrons. The third-order valence-corrected chi connectivity index (χ3v) is 4.91. The number of carbonyl (C=O) groups is 2. The van der Waals surface area contributed by atoms with Gasteiger partial charge in [0.15, 0.2) is 0 Å². The van der Waals surface area contributed by atoms with Gasteiger partial charge in [-0.15, -0.1) is 0 Å². The molecular weight excluding hydrogens is 264 g/mol. The molecule has 110 valence electrons. The van der Waals surface area contributed by atoms with Crippen LogP contribution in [0.1, 0.15) is 37.7 Å². The van der Waals surface area contributed by atoms with E-state index in [0.29, 0.717) is 6.04 Å². The molecule has 1 heterocycles. The molecular formula is C17H20N2O2. The van der Waals surface area contributed by atoms with Crippen LogP contribution in [-0.4, -0.2) is 17.9 Å². The molecule has 21 heavy (non-hydrogen) atoms. The number of rotatable bonds is 4. The van der Waals surface area contributed by atoms with Gasteiger partial charge in [-0.2, -0.15) is 0 Å². The lowest BCUT2D eigenvalue weighted by Crippen LogP contribution is -2.46. The van der Waals surface area contributed by atoms with Crippen LogP contribution in [0, 0.1) is 11.8 Å². The number of hydrogen-bond donors (Lipinski definition) is 1. The number of piperidine rings is 1. The fourth-order valence-corrected chi connectivity index (χ4v) is 3.51. The van der Waals surface area contributed by atoms with Crippen molar-refractivity contribution in [2.24, 2.45) is 11.8 Å². The van der Waals surface area contributed by atoms with Crippen LogP contribution in [0.15, 0.2) is 24.3 Å². The second-order valence-electron chi connectivity index (χ2n) is 6.54. The van der Waals surface area contributed by atoms with Gasteiger partial charge in [0.25, 0.3) is 0 Å². The normalized spacial score (nSPS) is 28.3. The van der Waals surface area contributed by atoms with E-state index in [2.05, 4.69) is 5.32 Å². The zero-order valence-electron chi connectivity index (χ0n) is 12.0. The smallest absolute Gasteiger partial charge is 0.236 e. The first kappa shape index (κ1) is 13.0. The number of carbonyl (C=O) groups excluding carboxylic acids is 2. The van der Waals surface area contributed by atoms with Crippen LogP contribution in [0.2, 0.25) is 0 Å². The first-order valence-electron chi connectivity index (χ1n) is 7.92. The van der Waals surface area contributed by atoms with Crippen LogP contribution in [0.25, 0.3) is 0 Å². The Morgan fingerprint density at radius 2 is 1.76 bits per heavy atom. The van der Waals surface area contributed by atoms with E-state index in [1.54, 1.807) is 0 Å². The van der Waals surface area contributed by atoms with Crippen molar-refractivity contribution >= 4 is 17.5 Å². The van der Waals surface area contributed by atoms with Crippen LogP contribution in [-0.2, 0) is 16.1 Å². The second kappa shape index (κ2) is 4.95. The highest BCUT2D eigenvalue weighted by Crippen LogP contribution is 2.40. The molecule has 4 nitrogen and oxygen atoms in total. The Bertz CT molecular complexity index is 572. The molecule has 0 spiro atoms.